The number of rotatable bonds is 3. The average Bonchev–Trinajstić information content (AvgIpc) is 3.50. The number of thiophene rings is 1. The van der Waals surface area contributed by atoms with E-state index in [2.05, 4.69) is 101 Å². The Hall–Kier alpha value is -0.700. The summed E-state index contributed by atoms with van der Waals surface area (Å²) >= 11 is 3.53. The van der Waals surface area contributed by atoms with Gasteiger partial charge in [0.2, 0.25) is 0 Å². The number of fused-ring (bicyclic) bond motifs is 1. The van der Waals surface area contributed by atoms with Gasteiger partial charge in [0.15, 0.2) is 0 Å². The first-order valence-electron chi connectivity index (χ1n) is 12.2. The molecule has 0 saturated heterocycles. The van der Waals surface area contributed by atoms with Crippen LogP contribution in [0, 0.1) is 0 Å². The van der Waals surface area contributed by atoms with Crippen molar-refractivity contribution in [2.75, 3.05) is 0 Å². The van der Waals surface area contributed by atoms with E-state index in [1.807, 2.05) is 11.3 Å². The van der Waals surface area contributed by atoms with E-state index >= 15 is 0 Å². The first-order chi connectivity index (χ1) is 15.8. The largest absolute Gasteiger partial charge is 1.00 e. The van der Waals surface area contributed by atoms with Gasteiger partial charge in [-0.1, -0.05) is 18.7 Å². The Labute approximate surface area is 244 Å². The molecule has 0 nitrogen and oxygen atoms in total. The summed E-state index contributed by atoms with van der Waals surface area (Å²) in [5.41, 5.74) is 12.8. The van der Waals surface area contributed by atoms with Crippen molar-refractivity contribution >= 4 is 30.7 Å². The van der Waals surface area contributed by atoms with Crippen molar-refractivity contribution in [1.29, 1.82) is 0 Å². The quantitative estimate of drug-likeness (QED) is 0.397. The van der Waals surface area contributed by atoms with E-state index < -0.39 is 8.07 Å². The molecule has 0 spiro atoms. The molecule has 1 aromatic heterocycles. The van der Waals surface area contributed by atoms with Crippen LogP contribution in [0.25, 0.3) is 22.4 Å². The number of hydrogen-bond acceptors (Lipinski definition) is 1. The summed E-state index contributed by atoms with van der Waals surface area (Å²) in [7, 11) is -0.972. The van der Waals surface area contributed by atoms with Crippen LogP contribution >= 0.6 is 11.3 Å². The van der Waals surface area contributed by atoms with Crippen molar-refractivity contribution in [3.63, 3.8) is 0 Å². The minimum absolute atomic E-state index is 0. The zero-order valence-electron chi connectivity index (χ0n) is 21.4. The van der Waals surface area contributed by atoms with Gasteiger partial charge in [0.1, 0.15) is 0 Å². The Morgan fingerprint density at radius 1 is 0.971 bits per heavy atom. The smallest absolute Gasteiger partial charge is 1.00 e. The zero-order chi connectivity index (χ0) is 23.5. The number of benzene rings is 2. The molecule has 3 unspecified atom stereocenters. The number of hydrogen-bond donors (Lipinski definition) is 0. The van der Waals surface area contributed by atoms with E-state index in [0.29, 0.717) is 9.54 Å². The molecule has 181 valence electrons. The van der Waals surface area contributed by atoms with Crippen LogP contribution in [0.5, 0.6) is 0 Å². The first kappa shape index (κ1) is 28.9. The van der Waals surface area contributed by atoms with Gasteiger partial charge in [-0.15, -0.1) is 11.3 Å². The third-order valence-electron chi connectivity index (χ3n) is 8.11. The number of halogens is 2. The minimum atomic E-state index is -0.972. The van der Waals surface area contributed by atoms with Gasteiger partial charge in [-0.05, 0) is 29.1 Å². The fraction of sp³-hybridized carbons (Fsp3) is 0.333. The van der Waals surface area contributed by atoms with Gasteiger partial charge in [-0.3, -0.25) is 0 Å². The van der Waals surface area contributed by atoms with E-state index in [9.17, 15) is 0 Å². The van der Waals surface area contributed by atoms with E-state index in [1.54, 1.807) is 45.9 Å². The summed E-state index contributed by atoms with van der Waals surface area (Å²) < 4.78 is 0.645. The van der Waals surface area contributed by atoms with Crippen LogP contribution in [-0.2, 0) is 24.7 Å². The van der Waals surface area contributed by atoms with Crippen LogP contribution in [0.4, 0.5) is 0 Å². The van der Waals surface area contributed by atoms with Gasteiger partial charge in [0.05, 0.1) is 8.07 Å². The Balaban J connectivity index is 0.000000208. The van der Waals surface area contributed by atoms with Crippen LogP contribution in [0.1, 0.15) is 76.3 Å². The van der Waals surface area contributed by atoms with Crippen LogP contribution in [0.3, 0.4) is 0 Å². The molecule has 0 amide bonds. The van der Waals surface area contributed by atoms with Crippen molar-refractivity contribution < 1.29 is 49.5 Å². The molecular formula is C30H33Cl2SSiZr. The second-order valence-electron chi connectivity index (χ2n) is 10.5. The first-order valence-corrected chi connectivity index (χ1v) is 17.5. The Morgan fingerprint density at radius 3 is 2.26 bits per heavy atom. The molecule has 3 atom stereocenters. The summed E-state index contributed by atoms with van der Waals surface area (Å²) in [6, 6.07) is 18.3. The van der Waals surface area contributed by atoms with Crippen LogP contribution < -0.4 is 24.8 Å². The third kappa shape index (κ3) is 4.70. The molecule has 2 aromatic carbocycles. The minimum Gasteiger partial charge on any atom is -1.00 e. The van der Waals surface area contributed by atoms with Gasteiger partial charge >= 0.3 is 143 Å². The maximum absolute atomic E-state index is 2.51. The van der Waals surface area contributed by atoms with Crippen molar-refractivity contribution in [2.24, 2.45) is 0 Å². The maximum Gasteiger partial charge on any atom is -1.00 e. The Kier molecular flexibility index (Phi) is 9.04. The SMILES string of the molecule is CC1=C2c3sccc3C1[Si]2(C)C.CCC(C)c1ccc(-c2cccc3c2C=C(C)[CH]3[Zr+2])cc1.[Cl-].[Cl-]. The fourth-order valence-corrected chi connectivity index (χ4v) is 13.2. The molecule has 0 fully saturated rings. The van der Waals surface area contributed by atoms with Crippen molar-refractivity contribution in [2.45, 2.75) is 62.3 Å². The van der Waals surface area contributed by atoms with Gasteiger partial charge in [0, 0.05) is 10.4 Å². The molecule has 5 heteroatoms. The van der Waals surface area contributed by atoms with E-state index in [0.717, 1.165) is 5.54 Å². The Bertz CT molecular complexity index is 1290. The van der Waals surface area contributed by atoms with E-state index in [1.165, 1.54) is 39.8 Å². The normalized spacial score (nSPS) is 20.9. The van der Waals surface area contributed by atoms with E-state index in [-0.39, 0.29) is 24.8 Å². The van der Waals surface area contributed by atoms with E-state index in [4.69, 9.17) is 0 Å². The molecule has 0 N–H and O–H groups in total. The fourth-order valence-electron chi connectivity index (χ4n) is 6.13. The third-order valence-corrected chi connectivity index (χ3v) is 15.2. The van der Waals surface area contributed by atoms with Gasteiger partial charge in [-0.2, -0.15) is 0 Å². The molecule has 35 heavy (non-hydrogen) atoms. The maximum atomic E-state index is 2.51. The summed E-state index contributed by atoms with van der Waals surface area (Å²) in [6.07, 6.45) is 3.58. The summed E-state index contributed by atoms with van der Waals surface area (Å²) in [5.74, 6) is 0.645. The molecule has 2 aliphatic heterocycles. The Morgan fingerprint density at radius 2 is 1.66 bits per heavy atom. The van der Waals surface area contributed by atoms with Crippen molar-refractivity contribution in [1.82, 2.24) is 0 Å². The van der Waals surface area contributed by atoms with Crippen LogP contribution in [0.15, 0.2) is 65.1 Å². The summed E-state index contributed by atoms with van der Waals surface area (Å²) in [4.78, 5) is 1.63. The molecule has 4 aliphatic rings. The monoisotopic (exact) mass is 613 g/mol. The zero-order valence-corrected chi connectivity index (χ0v) is 27.2. The summed E-state index contributed by atoms with van der Waals surface area (Å²) in [5, 5.41) is 4.02. The summed E-state index contributed by atoms with van der Waals surface area (Å²) in [6.45, 7) is 14.1. The molecule has 3 aromatic rings. The van der Waals surface area contributed by atoms with Gasteiger partial charge in [0.25, 0.3) is 0 Å². The molecule has 2 aliphatic carbocycles. The van der Waals surface area contributed by atoms with Gasteiger partial charge in [-0.25, -0.2) is 0 Å². The molecule has 7 rings (SSSR count). The predicted molar refractivity (Wildman–Crippen MR) is 144 cm³/mol. The molecule has 0 saturated carbocycles. The average molecular weight is 616 g/mol. The molecule has 3 heterocycles. The van der Waals surface area contributed by atoms with Gasteiger partial charge < -0.3 is 24.8 Å². The van der Waals surface area contributed by atoms with Crippen LogP contribution in [0.2, 0.25) is 13.1 Å². The van der Waals surface area contributed by atoms with Crippen molar-refractivity contribution in [3.8, 4) is 11.1 Å². The second kappa shape index (κ2) is 11.0. The predicted octanol–water partition coefficient (Wildman–Crippen LogP) is 3.30. The molecular weight excluding hydrogens is 583 g/mol. The van der Waals surface area contributed by atoms with Crippen molar-refractivity contribution in [3.05, 3.63) is 92.2 Å². The molecule has 0 radical (unpaired) electrons. The molecule has 2 bridgehead atoms. The topological polar surface area (TPSA) is 0 Å². The second-order valence-corrected chi connectivity index (χ2v) is 17.3. The van der Waals surface area contributed by atoms with Crippen LogP contribution in [-0.4, -0.2) is 8.07 Å². The number of allylic oxidation sites excluding steroid dienone is 2. The standard InChI is InChI=1S/C20H21.C10H12SSi.2ClH.Zr/c1-4-15(3)16-8-10-17(11-9-16)19-7-5-6-18-12-14(2)13-20(18)19;1-6-9-7-4-5-11-8(7)10(6)12(9,2)3;;;/h5-13,15H,4H2,1-3H3;4-5,9H,1-3H3;2*1H;/q;;;;+2/p-2.